The minimum atomic E-state index is 0.488. The van der Waals surface area contributed by atoms with Crippen LogP contribution in [-0.2, 0) is 0 Å². The monoisotopic (exact) mass is 221 g/mol. The van der Waals surface area contributed by atoms with E-state index in [9.17, 15) is 0 Å². The molecule has 2 heteroatoms. The summed E-state index contributed by atoms with van der Waals surface area (Å²) in [4.78, 5) is 0. The Balaban J connectivity index is 2.63. The SMILES string of the molecule is CCCOc1ccc(C(C)C(C)NC)cc1. The molecule has 0 aliphatic rings. The normalized spacial score (nSPS) is 14.5. The molecular weight excluding hydrogens is 198 g/mol. The van der Waals surface area contributed by atoms with E-state index in [1.165, 1.54) is 5.56 Å². The minimum Gasteiger partial charge on any atom is -0.494 e. The van der Waals surface area contributed by atoms with Crippen LogP contribution in [0.15, 0.2) is 24.3 Å². The van der Waals surface area contributed by atoms with Crippen molar-refractivity contribution in [1.29, 1.82) is 0 Å². The van der Waals surface area contributed by atoms with E-state index < -0.39 is 0 Å². The molecular formula is C14H23NO. The van der Waals surface area contributed by atoms with Gasteiger partial charge in [0.2, 0.25) is 0 Å². The molecule has 0 saturated heterocycles. The second kappa shape index (κ2) is 6.54. The Hall–Kier alpha value is -1.02. The lowest BCUT2D eigenvalue weighted by atomic mass is 9.94. The summed E-state index contributed by atoms with van der Waals surface area (Å²) in [7, 11) is 2.00. The first-order chi connectivity index (χ1) is 7.69. The van der Waals surface area contributed by atoms with E-state index in [1.54, 1.807) is 0 Å². The van der Waals surface area contributed by atoms with Crippen LogP contribution < -0.4 is 10.1 Å². The Morgan fingerprint density at radius 2 is 1.81 bits per heavy atom. The zero-order chi connectivity index (χ0) is 12.0. The fraction of sp³-hybridized carbons (Fsp3) is 0.571. The van der Waals surface area contributed by atoms with Gasteiger partial charge in [0.15, 0.2) is 0 Å². The van der Waals surface area contributed by atoms with Crippen molar-refractivity contribution >= 4 is 0 Å². The third-order valence-corrected chi connectivity index (χ3v) is 3.08. The fourth-order valence-electron chi connectivity index (χ4n) is 1.63. The van der Waals surface area contributed by atoms with Crippen molar-refractivity contribution in [1.82, 2.24) is 5.32 Å². The summed E-state index contributed by atoms with van der Waals surface area (Å²) in [6.45, 7) is 7.35. The topological polar surface area (TPSA) is 21.3 Å². The second-order valence-electron chi connectivity index (χ2n) is 4.28. The molecule has 0 bridgehead atoms. The minimum absolute atomic E-state index is 0.488. The number of hydrogen-bond acceptors (Lipinski definition) is 2. The molecule has 1 aromatic rings. The number of rotatable bonds is 6. The molecule has 1 N–H and O–H groups in total. The van der Waals surface area contributed by atoms with Crippen molar-refractivity contribution in [3.05, 3.63) is 29.8 Å². The smallest absolute Gasteiger partial charge is 0.119 e. The summed E-state index contributed by atoms with van der Waals surface area (Å²) in [5.41, 5.74) is 1.35. The van der Waals surface area contributed by atoms with Crippen molar-refractivity contribution in [3.8, 4) is 5.75 Å². The summed E-state index contributed by atoms with van der Waals surface area (Å²) >= 11 is 0. The van der Waals surface area contributed by atoms with Crippen LogP contribution in [0, 0.1) is 0 Å². The van der Waals surface area contributed by atoms with Crippen LogP contribution in [0.1, 0.15) is 38.7 Å². The molecule has 0 aliphatic carbocycles. The lowest BCUT2D eigenvalue weighted by Gasteiger charge is -2.19. The Morgan fingerprint density at radius 1 is 1.19 bits per heavy atom. The molecule has 2 unspecified atom stereocenters. The van der Waals surface area contributed by atoms with E-state index in [-0.39, 0.29) is 0 Å². The van der Waals surface area contributed by atoms with E-state index in [0.717, 1.165) is 18.8 Å². The zero-order valence-electron chi connectivity index (χ0n) is 10.8. The Bertz CT molecular complexity index is 294. The van der Waals surface area contributed by atoms with Crippen molar-refractivity contribution in [2.45, 2.75) is 39.2 Å². The highest BCUT2D eigenvalue weighted by molar-refractivity contribution is 5.29. The van der Waals surface area contributed by atoms with E-state index >= 15 is 0 Å². The number of ether oxygens (including phenoxy) is 1. The third-order valence-electron chi connectivity index (χ3n) is 3.08. The van der Waals surface area contributed by atoms with E-state index in [1.807, 2.05) is 7.05 Å². The lowest BCUT2D eigenvalue weighted by Crippen LogP contribution is -2.27. The molecule has 0 radical (unpaired) electrons. The van der Waals surface area contributed by atoms with Crippen molar-refractivity contribution in [2.24, 2.45) is 0 Å². The Labute approximate surface area is 99.0 Å². The molecule has 0 saturated carbocycles. The van der Waals surface area contributed by atoms with Crippen LogP contribution in [0.4, 0.5) is 0 Å². The van der Waals surface area contributed by atoms with Crippen LogP contribution in [0.5, 0.6) is 5.75 Å². The molecule has 2 nitrogen and oxygen atoms in total. The first kappa shape index (κ1) is 13.0. The average molecular weight is 221 g/mol. The predicted molar refractivity (Wildman–Crippen MR) is 69.2 cm³/mol. The molecule has 0 aromatic heterocycles. The molecule has 1 rings (SSSR count). The van der Waals surface area contributed by atoms with Gasteiger partial charge in [0.1, 0.15) is 5.75 Å². The van der Waals surface area contributed by atoms with Crippen LogP contribution in [0.25, 0.3) is 0 Å². The van der Waals surface area contributed by atoms with Crippen molar-refractivity contribution in [3.63, 3.8) is 0 Å². The molecule has 0 spiro atoms. The highest BCUT2D eigenvalue weighted by Crippen LogP contribution is 2.21. The summed E-state index contributed by atoms with van der Waals surface area (Å²) in [5, 5.41) is 3.28. The van der Waals surface area contributed by atoms with E-state index in [4.69, 9.17) is 4.74 Å². The Morgan fingerprint density at radius 3 is 2.31 bits per heavy atom. The summed E-state index contributed by atoms with van der Waals surface area (Å²) in [6, 6.07) is 8.92. The van der Waals surface area contributed by atoms with Crippen LogP contribution in [0.2, 0.25) is 0 Å². The van der Waals surface area contributed by atoms with Gasteiger partial charge in [0.25, 0.3) is 0 Å². The van der Waals surface area contributed by atoms with Crippen LogP contribution >= 0.6 is 0 Å². The molecule has 0 heterocycles. The van der Waals surface area contributed by atoms with Gasteiger partial charge in [0.05, 0.1) is 6.61 Å². The first-order valence-corrected chi connectivity index (χ1v) is 6.09. The first-order valence-electron chi connectivity index (χ1n) is 6.09. The number of nitrogens with one attached hydrogen (secondary N) is 1. The molecule has 16 heavy (non-hydrogen) atoms. The second-order valence-corrected chi connectivity index (χ2v) is 4.28. The summed E-state index contributed by atoms with van der Waals surface area (Å²) in [5.74, 6) is 1.49. The number of benzene rings is 1. The van der Waals surface area contributed by atoms with Gasteiger partial charge in [-0.05, 0) is 44.0 Å². The van der Waals surface area contributed by atoms with Gasteiger partial charge in [-0.25, -0.2) is 0 Å². The zero-order valence-corrected chi connectivity index (χ0v) is 10.8. The Kier molecular flexibility index (Phi) is 5.33. The molecule has 0 fully saturated rings. The largest absolute Gasteiger partial charge is 0.494 e. The van der Waals surface area contributed by atoms with Crippen molar-refractivity contribution in [2.75, 3.05) is 13.7 Å². The number of hydrogen-bond donors (Lipinski definition) is 1. The fourth-order valence-corrected chi connectivity index (χ4v) is 1.63. The van der Waals surface area contributed by atoms with Gasteiger partial charge in [-0.2, -0.15) is 0 Å². The summed E-state index contributed by atoms with van der Waals surface area (Å²) < 4.78 is 5.56. The molecule has 0 amide bonds. The molecule has 90 valence electrons. The quantitative estimate of drug-likeness (QED) is 0.796. The number of likely N-dealkylation sites (N-methyl/N-ethyl adjacent to an activating group) is 1. The molecule has 0 aliphatic heterocycles. The standard InChI is InChI=1S/C14H23NO/c1-5-10-16-14-8-6-13(7-9-14)11(2)12(3)15-4/h6-9,11-12,15H,5,10H2,1-4H3. The van der Waals surface area contributed by atoms with Crippen LogP contribution in [0.3, 0.4) is 0 Å². The van der Waals surface area contributed by atoms with Gasteiger partial charge in [0, 0.05) is 6.04 Å². The highest BCUT2D eigenvalue weighted by atomic mass is 16.5. The van der Waals surface area contributed by atoms with Gasteiger partial charge in [-0.1, -0.05) is 26.0 Å². The third kappa shape index (κ3) is 3.53. The predicted octanol–water partition coefficient (Wildman–Crippen LogP) is 3.19. The highest BCUT2D eigenvalue weighted by Gasteiger charge is 2.11. The van der Waals surface area contributed by atoms with Gasteiger partial charge in [-0.3, -0.25) is 0 Å². The maximum absolute atomic E-state index is 5.56. The van der Waals surface area contributed by atoms with Gasteiger partial charge < -0.3 is 10.1 Å². The van der Waals surface area contributed by atoms with Gasteiger partial charge in [-0.15, -0.1) is 0 Å². The lowest BCUT2D eigenvalue weighted by molar-refractivity contribution is 0.317. The van der Waals surface area contributed by atoms with Gasteiger partial charge >= 0.3 is 0 Å². The maximum atomic E-state index is 5.56. The van der Waals surface area contributed by atoms with E-state index in [0.29, 0.717) is 12.0 Å². The summed E-state index contributed by atoms with van der Waals surface area (Å²) in [6.07, 6.45) is 1.05. The molecule has 1 aromatic carbocycles. The van der Waals surface area contributed by atoms with Crippen molar-refractivity contribution < 1.29 is 4.74 Å². The maximum Gasteiger partial charge on any atom is 0.119 e. The molecule has 2 atom stereocenters. The van der Waals surface area contributed by atoms with E-state index in [2.05, 4.69) is 50.4 Å². The van der Waals surface area contributed by atoms with Crippen LogP contribution in [-0.4, -0.2) is 19.7 Å². The average Bonchev–Trinajstić information content (AvgIpc) is 2.35.